The van der Waals surface area contributed by atoms with Crippen LogP contribution in [0.4, 0.5) is 0 Å². The quantitative estimate of drug-likeness (QED) is 0.720. The van der Waals surface area contributed by atoms with E-state index in [0.29, 0.717) is 24.3 Å². The lowest BCUT2D eigenvalue weighted by atomic mass is 9.89. The Labute approximate surface area is 158 Å². The second-order valence-electron chi connectivity index (χ2n) is 6.86. The Morgan fingerprint density at radius 1 is 1.00 bits per heavy atom. The zero-order valence-corrected chi connectivity index (χ0v) is 15.0. The first-order valence-electron chi connectivity index (χ1n) is 9.20. The topological polar surface area (TPSA) is 66.1 Å². The molecule has 1 saturated heterocycles. The molecule has 1 aliphatic rings. The van der Waals surface area contributed by atoms with Crippen LogP contribution in [0.15, 0.2) is 67.1 Å². The van der Waals surface area contributed by atoms with Crippen molar-refractivity contribution < 1.29 is 9.59 Å². The number of piperidine rings is 1. The number of nitrogens with one attached hydrogen (secondary N) is 1. The summed E-state index contributed by atoms with van der Waals surface area (Å²) >= 11 is 0. The van der Waals surface area contributed by atoms with Crippen molar-refractivity contribution in [2.45, 2.75) is 12.8 Å². The fraction of sp³-hybridized carbons (Fsp3) is 0.227. The summed E-state index contributed by atoms with van der Waals surface area (Å²) < 4.78 is 0. The fourth-order valence-corrected chi connectivity index (χ4v) is 3.61. The van der Waals surface area contributed by atoms with E-state index in [0.717, 1.165) is 24.0 Å². The van der Waals surface area contributed by atoms with Gasteiger partial charge in [0, 0.05) is 24.6 Å². The summed E-state index contributed by atoms with van der Waals surface area (Å²) in [5.41, 5.74) is 3.39. The summed E-state index contributed by atoms with van der Waals surface area (Å²) in [5.74, 6) is -0.144. The highest BCUT2D eigenvalue weighted by atomic mass is 16.2. The standard InChI is InChI=1S/C22H21N3O2/c26-21(18-10-8-17(9-11-18)16-5-2-1-3-6-16)19-7-4-12-25(14-19)22(27)20-13-23-15-24-20/h1-3,5-6,8-11,13,15,19H,4,7,12,14H2,(H,23,24)/t19-/m1/s1. The van der Waals surface area contributed by atoms with Crippen molar-refractivity contribution in [3.05, 3.63) is 78.4 Å². The molecular formula is C22H21N3O2. The predicted octanol–water partition coefficient (Wildman–Crippen LogP) is 3.81. The van der Waals surface area contributed by atoms with Gasteiger partial charge in [0.15, 0.2) is 5.78 Å². The molecule has 4 rings (SSSR count). The van der Waals surface area contributed by atoms with Crippen LogP contribution in [0.5, 0.6) is 0 Å². The number of Topliss-reactive ketones (excluding diaryl/α,β-unsaturated/α-hetero) is 1. The maximum Gasteiger partial charge on any atom is 0.271 e. The van der Waals surface area contributed by atoms with Gasteiger partial charge >= 0.3 is 0 Å². The molecule has 27 heavy (non-hydrogen) atoms. The number of carbonyl (C=O) groups is 2. The highest BCUT2D eigenvalue weighted by molar-refractivity contribution is 5.99. The van der Waals surface area contributed by atoms with Crippen molar-refractivity contribution in [1.82, 2.24) is 14.9 Å². The molecule has 0 unspecified atom stereocenters. The molecule has 5 heteroatoms. The van der Waals surface area contributed by atoms with Crippen molar-refractivity contribution in [2.75, 3.05) is 13.1 Å². The van der Waals surface area contributed by atoms with Crippen LogP contribution in [0, 0.1) is 5.92 Å². The highest BCUT2D eigenvalue weighted by Gasteiger charge is 2.29. The number of H-pyrrole nitrogens is 1. The normalized spacial score (nSPS) is 16.9. The van der Waals surface area contributed by atoms with E-state index >= 15 is 0 Å². The molecule has 0 bridgehead atoms. The van der Waals surface area contributed by atoms with E-state index in [2.05, 4.69) is 22.1 Å². The number of aromatic nitrogens is 2. The zero-order chi connectivity index (χ0) is 18.6. The average molecular weight is 359 g/mol. The molecule has 1 N–H and O–H groups in total. The molecule has 1 amide bonds. The van der Waals surface area contributed by atoms with Crippen molar-refractivity contribution in [2.24, 2.45) is 5.92 Å². The molecule has 1 aromatic heterocycles. The average Bonchev–Trinajstić information content (AvgIpc) is 3.28. The van der Waals surface area contributed by atoms with Gasteiger partial charge in [0.1, 0.15) is 5.69 Å². The third kappa shape index (κ3) is 3.67. The molecule has 0 spiro atoms. The van der Waals surface area contributed by atoms with E-state index in [9.17, 15) is 9.59 Å². The molecule has 0 radical (unpaired) electrons. The number of imidazole rings is 1. The number of amides is 1. The molecule has 2 heterocycles. The maximum atomic E-state index is 12.9. The Morgan fingerprint density at radius 2 is 1.74 bits per heavy atom. The van der Waals surface area contributed by atoms with Crippen LogP contribution in [0.25, 0.3) is 11.1 Å². The second kappa shape index (κ2) is 7.58. The summed E-state index contributed by atoms with van der Waals surface area (Å²) in [6.45, 7) is 1.13. The third-order valence-corrected chi connectivity index (χ3v) is 5.08. The number of rotatable bonds is 4. The van der Waals surface area contributed by atoms with E-state index in [1.54, 1.807) is 4.90 Å². The molecule has 1 atom stereocenters. The molecule has 1 aliphatic heterocycles. The van der Waals surface area contributed by atoms with Crippen LogP contribution in [0.2, 0.25) is 0 Å². The number of benzene rings is 2. The van der Waals surface area contributed by atoms with Gasteiger partial charge in [-0.05, 0) is 24.0 Å². The van der Waals surface area contributed by atoms with Crippen molar-refractivity contribution >= 4 is 11.7 Å². The van der Waals surface area contributed by atoms with Gasteiger partial charge in [-0.1, -0.05) is 54.6 Å². The van der Waals surface area contributed by atoms with E-state index in [4.69, 9.17) is 0 Å². The minimum atomic E-state index is -0.159. The number of nitrogens with zero attached hydrogens (tertiary/aromatic N) is 2. The monoisotopic (exact) mass is 359 g/mol. The molecule has 3 aromatic rings. The minimum absolute atomic E-state index is 0.0931. The van der Waals surface area contributed by atoms with Crippen LogP contribution < -0.4 is 0 Å². The van der Waals surface area contributed by atoms with E-state index in [1.165, 1.54) is 12.5 Å². The fourth-order valence-electron chi connectivity index (χ4n) is 3.61. The van der Waals surface area contributed by atoms with Crippen LogP contribution in [0.3, 0.4) is 0 Å². The minimum Gasteiger partial charge on any atom is -0.341 e. The Kier molecular flexibility index (Phi) is 4.83. The predicted molar refractivity (Wildman–Crippen MR) is 103 cm³/mol. The smallest absolute Gasteiger partial charge is 0.271 e. The van der Waals surface area contributed by atoms with Gasteiger partial charge in [0.25, 0.3) is 5.91 Å². The lowest BCUT2D eigenvalue weighted by molar-refractivity contribution is 0.0632. The molecule has 0 saturated carbocycles. The van der Waals surface area contributed by atoms with Gasteiger partial charge in [0.05, 0.1) is 12.5 Å². The Bertz CT molecular complexity index is 918. The highest BCUT2D eigenvalue weighted by Crippen LogP contribution is 2.24. The molecule has 2 aromatic carbocycles. The third-order valence-electron chi connectivity index (χ3n) is 5.08. The molecule has 5 nitrogen and oxygen atoms in total. The van der Waals surface area contributed by atoms with Crippen molar-refractivity contribution in [1.29, 1.82) is 0 Å². The maximum absolute atomic E-state index is 12.9. The SMILES string of the molecule is O=C(c1ccc(-c2ccccc2)cc1)[C@@H]1CCCN(C(=O)c2cnc[nH]2)C1. The van der Waals surface area contributed by atoms with Gasteiger partial charge < -0.3 is 9.88 Å². The van der Waals surface area contributed by atoms with Crippen LogP contribution in [-0.2, 0) is 0 Å². The number of ketones is 1. The lowest BCUT2D eigenvalue weighted by Gasteiger charge is -2.31. The van der Waals surface area contributed by atoms with Crippen LogP contribution in [0.1, 0.15) is 33.7 Å². The summed E-state index contributed by atoms with van der Waals surface area (Å²) in [4.78, 5) is 33.9. The molecular weight excluding hydrogens is 338 g/mol. The second-order valence-corrected chi connectivity index (χ2v) is 6.86. The first-order valence-corrected chi connectivity index (χ1v) is 9.20. The number of aromatic amines is 1. The molecule has 0 aliphatic carbocycles. The van der Waals surface area contributed by atoms with Crippen molar-refractivity contribution in [3.8, 4) is 11.1 Å². The Morgan fingerprint density at radius 3 is 2.44 bits per heavy atom. The zero-order valence-electron chi connectivity index (χ0n) is 15.0. The van der Waals surface area contributed by atoms with Gasteiger partial charge in [-0.3, -0.25) is 9.59 Å². The molecule has 136 valence electrons. The number of likely N-dealkylation sites (tertiary alicyclic amines) is 1. The van der Waals surface area contributed by atoms with E-state index < -0.39 is 0 Å². The summed E-state index contributed by atoms with van der Waals surface area (Å²) in [5, 5.41) is 0. The number of hydrogen-bond acceptors (Lipinski definition) is 3. The number of hydrogen-bond donors (Lipinski definition) is 1. The lowest BCUT2D eigenvalue weighted by Crippen LogP contribution is -2.42. The van der Waals surface area contributed by atoms with Crippen LogP contribution in [-0.4, -0.2) is 39.6 Å². The van der Waals surface area contributed by atoms with Crippen molar-refractivity contribution in [3.63, 3.8) is 0 Å². The first kappa shape index (κ1) is 17.2. The summed E-state index contributed by atoms with van der Waals surface area (Å²) in [6.07, 6.45) is 4.66. The van der Waals surface area contributed by atoms with E-state index in [-0.39, 0.29) is 17.6 Å². The molecule has 1 fully saturated rings. The number of carbonyl (C=O) groups excluding carboxylic acids is 2. The van der Waals surface area contributed by atoms with E-state index in [1.807, 2.05) is 42.5 Å². The Hall–Kier alpha value is -3.21. The van der Waals surface area contributed by atoms with Crippen LogP contribution >= 0.6 is 0 Å². The van der Waals surface area contributed by atoms with Gasteiger partial charge in [-0.2, -0.15) is 0 Å². The Balaban J connectivity index is 1.46. The largest absolute Gasteiger partial charge is 0.341 e. The summed E-state index contributed by atoms with van der Waals surface area (Å²) in [7, 11) is 0. The summed E-state index contributed by atoms with van der Waals surface area (Å²) in [6, 6.07) is 17.8. The van der Waals surface area contributed by atoms with Gasteiger partial charge in [-0.25, -0.2) is 4.98 Å². The van der Waals surface area contributed by atoms with Gasteiger partial charge in [-0.15, -0.1) is 0 Å². The first-order chi connectivity index (χ1) is 13.2. The van der Waals surface area contributed by atoms with Gasteiger partial charge in [0.2, 0.25) is 0 Å².